The molecule has 0 amide bonds. The number of likely N-dealkylation sites (tertiary alicyclic amines) is 1. The van der Waals surface area contributed by atoms with E-state index in [-0.39, 0.29) is 6.04 Å². The zero-order valence-electron chi connectivity index (χ0n) is 16.1. The van der Waals surface area contributed by atoms with Crippen LogP contribution in [0.2, 0.25) is 0 Å². The standard InChI is InChI=1S/C20H25N5O2S/c1-23-10-6-15(7-11-23)25(20(26)17-4-3-13-28-17)18-8-12-24(22-18)16-5-9-21-19(14-16)27-2/h3-5,8-9,12-15,20,26H,6-7,10-11H2,1-2H3. The molecule has 8 heteroatoms. The van der Waals surface area contributed by atoms with E-state index < -0.39 is 6.23 Å². The molecule has 28 heavy (non-hydrogen) atoms. The number of aromatic nitrogens is 3. The van der Waals surface area contributed by atoms with Crippen LogP contribution in [0, 0.1) is 0 Å². The summed E-state index contributed by atoms with van der Waals surface area (Å²) in [4.78, 5) is 9.47. The smallest absolute Gasteiger partial charge is 0.215 e. The van der Waals surface area contributed by atoms with E-state index in [2.05, 4.69) is 21.8 Å². The molecule has 0 aliphatic carbocycles. The van der Waals surface area contributed by atoms with Crippen LogP contribution in [-0.2, 0) is 0 Å². The number of rotatable bonds is 6. The molecular formula is C20H25N5O2S. The van der Waals surface area contributed by atoms with E-state index >= 15 is 0 Å². The highest BCUT2D eigenvalue weighted by Gasteiger charge is 2.31. The first-order valence-electron chi connectivity index (χ1n) is 9.40. The van der Waals surface area contributed by atoms with Crippen molar-refractivity contribution in [1.29, 1.82) is 0 Å². The maximum Gasteiger partial charge on any atom is 0.215 e. The van der Waals surface area contributed by atoms with Crippen LogP contribution in [0.15, 0.2) is 48.1 Å². The van der Waals surface area contributed by atoms with Crippen molar-refractivity contribution >= 4 is 17.2 Å². The number of thiophene rings is 1. The van der Waals surface area contributed by atoms with Gasteiger partial charge >= 0.3 is 0 Å². The molecule has 1 unspecified atom stereocenters. The quantitative estimate of drug-likeness (QED) is 0.643. The molecular weight excluding hydrogens is 374 g/mol. The van der Waals surface area contributed by atoms with Crippen molar-refractivity contribution in [2.75, 3.05) is 32.1 Å². The van der Waals surface area contributed by atoms with Crippen LogP contribution in [-0.4, -0.2) is 58.1 Å². The normalized spacial score (nSPS) is 16.8. The van der Waals surface area contributed by atoms with E-state index in [0.717, 1.165) is 42.3 Å². The highest BCUT2D eigenvalue weighted by molar-refractivity contribution is 7.10. The summed E-state index contributed by atoms with van der Waals surface area (Å²) in [5, 5.41) is 17.9. The van der Waals surface area contributed by atoms with Gasteiger partial charge in [0.05, 0.1) is 17.7 Å². The summed E-state index contributed by atoms with van der Waals surface area (Å²) in [6, 6.07) is 9.87. The number of hydrogen-bond acceptors (Lipinski definition) is 7. The van der Waals surface area contributed by atoms with Gasteiger partial charge in [0.25, 0.3) is 0 Å². The fourth-order valence-corrected chi connectivity index (χ4v) is 4.32. The molecule has 1 aliphatic heterocycles. The first-order valence-corrected chi connectivity index (χ1v) is 10.3. The fraction of sp³-hybridized carbons (Fsp3) is 0.400. The van der Waals surface area contributed by atoms with Gasteiger partial charge in [-0.3, -0.25) is 0 Å². The van der Waals surface area contributed by atoms with Crippen molar-refractivity contribution in [3.63, 3.8) is 0 Å². The number of methoxy groups -OCH3 is 1. The molecule has 0 saturated carbocycles. The van der Waals surface area contributed by atoms with Crippen LogP contribution in [0.1, 0.15) is 23.9 Å². The number of anilines is 1. The summed E-state index contributed by atoms with van der Waals surface area (Å²) < 4.78 is 7.01. The van der Waals surface area contributed by atoms with Crippen LogP contribution in [0.5, 0.6) is 5.88 Å². The molecule has 0 bridgehead atoms. The van der Waals surface area contributed by atoms with Crippen molar-refractivity contribution in [2.45, 2.75) is 25.1 Å². The van der Waals surface area contributed by atoms with Gasteiger partial charge in [-0.05, 0) is 50.5 Å². The van der Waals surface area contributed by atoms with Gasteiger partial charge in [-0.2, -0.15) is 5.10 Å². The molecule has 1 atom stereocenters. The fourth-order valence-electron chi connectivity index (χ4n) is 3.61. The second-order valence-corrected chi connectivity index (χ2v) is 7.98. The van der Waals surface area contributed by atoms with Gasteiger partial charge in [-0.25, -0.2) is 9.67 Å². The van der Waals surface area contributed by atoms with Crippen LogP contribution in [0.3, 0.4) is 0 Å². The highest BCUT2D eigenvalue weighted by Crippen LogP contribution is 2.32. The van der Waals surface area contributed by atoms with E-state index in [1.54, 1.807) is 29.3 Å². The third kappa shape index (κ3) is 3.89. The second kappa shape index (κ2) is 8.30. The minimum atomic E-state index is -0.705. The summed E-state index contributed by atoms with van der Waals surface area (Å²) in [5.41, 5.74) is 0.868. The van der Waals surface area contributed by atoms with Gasteiger partial charge in [0.1, 0.15) is 0 Å². The monoisotopic (exact) mass is 399 g/mol. The number of ether oxygens (including phenoxy) is 1. The van der Waals surface area contributed by atoms with Crippen molar-refractivity contribution < 1.29 is 9.84 Å². The van der Waals surface area contributed by atoms with Gasteiger partial charge in [0.2, 0.25) is 5.88 Å². The first kappa shape index (κ1) is 18.9. The molecule has 1 aliphatic rings. The SMILES string of the molecule is COc1cc(-n2ccc(N(C3CCN(C)CC3)C(O)c3cccs3)n2)ccn1. The predicted molar refractivity (Wildman–Crippen MR) is 110 cm³/mol. The summed E-state index contributed by atoms with van der Waals surface area (Å²) in [6.07, 6.45) is 4.89. The molecule has 1 fully saturated rings. The van der Waals surface area contributed by atoms with Crippen molar-refractivity contribution in [3.8, 4) is 11.6 Å². The third-order valence-corrected chi connectivity index (χ3v) is 6.09. The molecule has 4 heterocycles. The molecule has 0 spiro atoms. The Bertz CT molecular complexity index is 890. The predicted octanol–water partition coefficient (Wildman–Crippen LogP) is 2.93. The molecule has 4 rings (SSSR count). The van der Waals surface area contributed by atoms with E-state index in [4.69, 9.17) is 9.84 Å². The lowest BCUT2D eigenvalue weighted by Gasteiger charge is -2.39. The van der Waals surface area contributed by atoms with Crippen LogP contribution >= 0.6 is 11.3 Å². The Morgan fingerprint density at radius 3 is 2.82 bits per heavy atom. The minimum Gasteiger partial charge on any atom is -0.481 e. The lowest BCUT2D eigenvalue weighted by Crippen LogP contribution is -2.45. The van der Waals surface area contributed by atoms with Gasteiger partial charge in [0, 0.05) is 30.6 Å². The topological polar surface area (TPSA) is 66.7 Å². The molecule has 1 N–H and O–H groups in total. The lowest BCUT2D eigenvalue weighted by atomic mass is 10.0. The molecule has 7 nitrogen and oxygen atoms in total. The molecule has 0 radical (unpaired) electrons. The van der Waals surface area contributed by atoms with Crippen LogP contribution in [0.25, 0.3) is 5.69 Å². The van der Waals surface area contributed by atoms with Gasteiger partial charge in [-0.1, -0.05) is 6.07 Å². The maximum atomic E-state index is 11.1. The number of nitrogens with zero attached hydrogens (tertiary/aromatic N) is 5. The Labute approximate surface area is 168 Å². The van der Waals surface area contributed by atoms with Gasteiger partial charge in [0.15, 0.2) is 12.0 Å². The van der Waals surface area contributed by atoms with E-state index in [1.807, 2.05) is 41.9 Å². The zero-order valence-corrected chi connectivity index (χ0v) is 16.9. The van der Waals surface area contributed by atoms with Crippen molar-refractivity contribution in [1.82, 2.24) is 19.7 Å². The first-order chi connectivity index (χ1) is 13.7. The Morgan fingerprint density at radius 2 is 2.11 bits per heavy atom. The average molecular weight is 400 g/mol. The lowest BCUT2D eigenvalue weighted by molar-refractivity contribution is 0.142. The van der Waals surface area contributed by atoms with Gasteiger partial charge < -0.3 is 19.6 Å². The van der Waals surface area contributed by atoms with Crippen molar-refractivity contribution in [3.05, 3.63) is 53.0 Å². The third-order valence-electron chi connectivity index (χ3n) is 5.17. The number of hydrogen-bond donors (Lipinski definition) is 1. The van der Waals surface area contributed by atoms with E-state index in [0.29, 0.717) is 5.88 Å². The number of aliphatic hydroxyl groups is 1. The number of piperidine rings is 1. The van der Waals surface area contributed by atoms with E-state index in [9.17, 15) is 5.11 Å². The minimum absolute atomic E-state index is 0.239. The Balaban J connectivity index is 1.65. The van der Waals surface area contributed by atoms with Crippen LogP contribution in [0.4, 0.5) is 5.82 Å². The largest absolute Gasteiger partial charge is 0.481 e. The van der Waals surface area contributed by atoms with Crippen LogP contribution < -0.4 is 9.64 Å². The zero-order chi connectivity index (χ0) is 19.5. The molecule has 148 valence electrons. The Hall–Kier alpha value is -2.42. The van der Waals surface area contributed by atoms with Crippen molar-refractivity contribution in [2.24, 2.45) is 0 Å². The second-order valence-electron chi connectivity index (χ2n) is 7.01. The Kier molecular flexibility index (Phi) is 5.61. The van der Waals surface area contributed by atoms with Gasteiger partial charge in [-0.15, -0.1) is 11.3 Å². The number of pyridine rings is 1. The van der Waals surface area contributed by atoms with E-state index in [1.165, 1.54) is 0 Å². The number of aliphatic hydroxyl groups excluding tert-OH is 1. The summed E-state index contributed by atoms with van der Waals surface area (Å²) in [7, 11) is 3.74. The average Bonchev–Trinajstić information content (AvgIpc) is 3.42. The molecule has 3 aromatic rings. The molecule has 0 aromatic carbocycles. The summed E-state index contributed by atoms with van der Waals surface area (Å²) in [5.74, 6) is 1.31. The summed E-state index contributed by atoms with van der Waals surface area (Å²) in [6.45, 7) is 2.03. The molecule has 3 aromatic heterocycles. The maximum absolute atomic E-state index is 11.1. The summed E-state index contributed by atoms with van der Waals surface area (Å²) >= 11 is 1.57. The highest BCUT2D eigenvalue weighted by atomic mass is 32.1. The molecule has 1 saturated heterocycles. The Morgan fingerprint density at radius 1 is 1.29 bits per heavy atom.